The number of carboxylic acids is 1. The molecule has 1 aromatic carbocycles. The number of aliphatic hydroxyl groups is 3. The zero-order valence-corrected chi connectivity index (χ0v) is 13.0. The van der Waals surface area contributed by atoms with Crippen molar-refractivity contribution in [2.24, 2.45) is 0 Å². The third-order valence-electron chi connectivity index (χ3n) is 3.67. The smallest absolute Gasteiger partial charge is 0.335 e. The molecule has 1 fully saturated rings. The molecule has 25 heavy (non-hydrogen) atoms. The van der Waals surface area contributed by atoms with E-state index in [1.807, 2.05) is 0 Å². The van der Waals surface area contributed by atoms with Crippen LogP contribution in [0.25, 0.3) is 11.5 Å². The number of aliphatic hydroxyl groups excluding tert-OH is 3. The van der Waals surface area contributed by atoms with Gasteiger partial charge in [-0.05, 0) is 18.2 Å². The highest BCUT2D eigenvalue weighted by Crippen LogP contribution is 2.27. The van der Waals surface area contributed by atoms with Crippen LogP contribution in [0.4, 0.5) is 0 Å². The Hall–Kier alpha value is -2.53. The first-order chi connectivity index (χ1) is 11.9. The number of nitrogens with zero attached hydrogens (tertiary/aromatic N) is 2. The Morgan fingerprint density at radius 3 is 2.56 bits per heavy atom. The van der Waals surface area contributed by atoms with Gasteiger partial charge in [-0.3, -0.25) is 0 Å². The Bertz CT molecular complexity index is 763. The van der Waals surface area contributed by atoms with Crippen molar-refractivity contribution in [1.82, 2.24) is 10.2 Å². The van der Waals surface area contributed by atoms with Crippen molar-refractivity contribution in [1.29, 1.82) is 0 Å². The first-order valence-electron chi connectivity index (χ1n) is 7.36. The molecule has 3 rings (SSSR count). The summed E-state index contributed by atoms with van der Waals surface area (Å²) in [5.41, 5.74) is 0.541. The van der Waals surface area contributed by atoms with E-state index < -0.39 is 36.7 Å². The molecule has 0 bridgehead atoms. The van der Waals surface area contributed by atoms with Gasteiger partial charge >= 0.3 is 5.97 Å². The van der Waals surface area contributed by atoms with Gasteiger partial charge in [0, 0.05) is 12.5 Å². The van der Waals surface area contributed by atoms with Crippen LogP contribution in [0.3, 0.4) is 0 Å². The van der Waals surface area contributed by atoms with E-state index in [0.717, 1.165) is 0 Å². The fraction of sp³-hybridized carbons (Fsp3) is 0.400. The van der Waals surface area contributed by atoms with Gasteiger partial charge in [0.05, 0.1) is 0 Å². The molecule has 0 amide bonds. The molecule has 10 heteroatoms. The summed E-state index contributed by atoms with van der Waals surface area (Å²) in [7, 11) is 0. The molecule has 1 aromatic heterocycles. The molecule has 1 saturated heterocycles. The lowest BCUT2D eigenvalue weighted by Gasteiger charge is -2.38. The van der Waals surface area contributed by atoms with Crippen LogP contribution in [0.2, 0.25) is 0 Å². The van der Waals surface area contributed by atoms with E-state index in [1.54, 1.807) is 19.1 Å². The van der Waals surface area contributed by atoms with Crippen LogP contribution in [0.15, 0.2) is 28.7 Å². The standard InChI is InChI=1S/C15H16N2O8/c1-6-16-17-13(23-6)7-3-2-4-8(5-7)24-15-11(20)9(18)10(19)12(25-15)14(21)22/h2-5,9-12,15,18-20H,1H3,(H,21,22)/t9-,10-,11+,12-,15+/m0/s1. The number of carbonyl (C=O) groups is 1. The molecular formula is C15H16N2O8. The number of hydrogen-bond donors (Lipinski definition) is 4. The minimum absolute atomic E-state index is 0.213. The summed E-state index contributed by atoms with van der Waals surface area (Å²) >= 11 is 0. The Kier molecular flexibility index (Phi) is 4.68. The first kappa shape index (κ1) is 17.3. The number of ether oxygens (including phenoxy) is 2. The molecule has 1 aliphatic rings. The van der Waals surface area contributed by atoms with Crippen LogP contribution < -0.4 is 4.74 Å². The van der Waals surface area contributed by atoms with Crippen LogP contribution >= 0.6 is 0 Å². The maximum Gasteiger partial charge on any atom is 0.335 e. The predicted octanol–water partition coefficient (Wildman–Crippen LogP) is -0.684. The van der Waals surface area contributed by atoms with Gasteiger partial charge in [-0.15, -0.1) is 10.2 Å². The number of rotatable bonds is 4. The second-order valence-corrected chi connectivity index (χ2v) is 5.51. The van der Waals surface area contributed by atoms with Gasteiger partial charge in [-0.2, -0.15) is 0 Å². The molecule has 0 radical (unpaired) electrons. The van der Waals surface area contributed by atoms with Gasteiger partial charge in [0.25, 0.3) is 0 Å². The molecule has 4 N–H and O–H groups in total. The van der Waals surface area contributed by atoms with E-state index in [1.165, 1.54) is 12.1 Å². The molecule has 0 saturated carbocycles. The lowest BCUT2D eigenvalue weighted by Crippen LogP contribution is -2.61. The Morgan fingerprint density at radius 2 is 1.92 bits per heavy atom. The van der Waals surface area contributed by atoms with Gasteiger partial charge in [0.15, 0.2) is 6.10 Å². The maximum absolute atomic E-state index is 11.1. The summed E-state index contributed by atoms with van der Waals surface area (Å²) < 4.78 is 15.8. The van der Waals surface area contributed by atoms with Crippen LogP contribution in [-0.2, 0) is 9.53 Å². The van der Waals surface area contributed by atoms with E-state index in [2.05, 4.69) is 10.2 Å². The van der Waals surface area contributed by atoms with Gasteiger partial charge in [0.1, 0.15) is 24.1 Å². The number of hydrogen-bond acceptors (Lipinski definition) is 9. The lowest BCUT2D eigenvalue weighted by molar-refractivity contribution is -0.271. The molecule has 134 valence electrons. The molecule has 2 heterocycles. The highest BCUT2D eigenvalue weighted by Gasteiger charge is 2.48. The van der Waals surface area contributed by atoms with Crippen molar-refractivity contribution in [3.05, 3.63) is 30.2 Å². The second-order valence-electron chi connectivity index (χ2n) is 5.51. The number of aromatic nitrogens is 2. The number of carboxylic acid groups (broad SMARTS) is 1. The molecular weight excluding hydrogens is 336 g/mol. The van der Waals surface area contributed by atoms with Crippen molar-refractivity contribution in [3.63, 3.8) is 0 Å². The second kappa shape index (κ2) is 6.76. The van der Waals surface area contributed by atoms with Crippen LogP contribution in [0.5, 0.6) is 5.75 Å². The van der Waals surface area contributed by atoms with Gasteiger partial charge < -0.3 is 34.3 Å². The average molecular weight is 352 g/mol. The first-order valence-corrected chi connectivity index (χ1v) is 7.36. The third kappa shape index (κ3) is 3.46. The van der Waals surface area contributed by atoms with Gasteiger partial charge in [-0.1, -0.05) is 6.07 Å². The van der Waals surface area contributed by atoms with Crippen molar-refractivity contribution in [3.8, 4) is 17.2 Å². The van der Waals surface area contributed by atoms with Crippen molar-refractivity contribution in [2.75, 3.05) is 0 Å². The van der Waals surface area contributed by atoms with E-state index in [0.29, 0.717) is 11.5 Å². The summed E-state index contributed by atoms with van der Waals surface area (Å²) in [5.74, 6) is -0.632. The van der Waals surface area contributed by atoms with Crippen molar-refractivity contribution >= 4 is 5.97 Å². The number of aryl methyl sites for hydroxylation is 1. The molecule has 10 nitrogen and oxygen atoms in total. The SMILES string of the molecule is Cc1nnc(-c2cccc(O[C@@H]3O[C@H](C(=O)O)[C@@H](O)[C@H](O)[C@H]3O)c2)o1. The topological polar surface area (TPSA) is 155 Å². The van der Waals surface area contributed by atoms with E-state index in [4.69, 9.17) is 19.0 Å². The van der Waals surface area contributed by atoms with Crippen molar-refractivity contribution in [2.45, 2.75) is 37.6 Å². The number of aliphatic carboxylic acids is 1. The largest absolute Gasteiger partial charge is 0.479 e. The van der Waals surface area contributed by atoms with Crippen LogP contribution in [0.1, 0.15) is 5.89 Å². The minimum Gasteiger partial charge on any atom is -0.479 e. The maximum atomic E-state index is 11.1. The summed E-state index contributed by atoms with van der Waals surface area (Å²) in [6.45, 7) is 1.64. The summed E-state index contributed by atoms with van der Waals surface area (Å²) in [4.78, 5) is 11.1. The average Bonchev–Trinajstić information content (AvgIpc) is 3.02. The molecule has 0 spiro atoms. The molecule has 0 unspecified atom stereocenters. The number of benzene rings is 1. The monoisotopic (exact) mass is 352 g/mol. The lowest BCUT2D eigenvalue weighted by atomic mass is 9.99. The van der Waals surface area contributed by atoms with Crippen LogP contribution in [0, 0.1) is 6.92 Å². The predicted molar refractivity (Wildman–Crippen MR) is 79.4 cm³/mol. The molecule has 5 atom stereocenters. The molecule has 2 aromatic rings. The Morgan fingerprint density at radius 1 is 1.16 bits per heavy atom. The van der Waals surface area contributed by atoms with Gasteiger partial charge in [0.2, 0.25) is 18.1 Å². The Balaban J connectivity index is 1.80. The minimum atomic E-state index is -1.78. The normalized spacial score (nSPS) is 29.4. The van der Waals surface area contributed by atoms with Gasteiger partial charge in [-0.25, -0.2) is 4.79 Å². The molecule has 0 aliphatic carbocycles. The summed E-state index contributed by atoms with van der Waals surface area (Å²) in [5, 5.41) is 46.0. The quantitative estimate of drug-likeness (QED) is 0.556. The summed E-state index contributed by atoms with van der Waals surface area (Å²) in [6, 6.07) is 6.38. The highest BCUT2D eigenvalue weighted by molar-refractivity contribution is 5.73. The fourth-order valence-corrected chi connectivity index (χ4v) is 2.40. The Labute approximate surface area is 141 Å². The molecule has 1 aliphatic heterocycles. The van der Waals surface area contributed by atoms with Crippen LogP contribution in [-0.4, -0.2) is 67.3 Å². The zero-order chi connectivity index (χ0) is 18.1. The van der Waals surface area contributed by atoms with E-state index in [9.17, 15) is 20.1 Å². The summed E-state index contributed by atoms with van der Waals surface area (Å²) in [6.07, 6.45) is -8.37. The highest BCUT2D eigenvalue weighted by atomic mass is 16.7. The third-order valence-corrected chi connectivity index (χ3v) is 3.67. The van der Waals surface area contributed by atoms with E-state index in [-0.39, 0.29) is 11.6 Å². The van der Waals surface area contributed by atoms with Crippen molar-refractivity contribution < 1.29 is 39.1 Å². The fourth-order valence-electron chi connectivity index (χ4n) is 2.40. The van der Waals surface area contributed by atoms with E-state index >= 15 is 0 Å². The zero-order valence-electron chi connectivity index (χ0n) is 13.0.